The Morgan fingerprint density at radius 1 is 1.00 bits per heavy atom. The van der Waals surface area contributed by atoms with Crippen molar-refractivity contribution in [3.05, 3.63) is 125 Å². The van der Waals surface area contributed by atoms with Gasteiger partial charge in [0.15, 0.2) is 23.9 Å². The molecular weight excluding hydrogens is 603 g/mol. The minimum atomic E-state index is -0.557. The van der Waals surface area contributed by atoms with Crippen LogP contribution in [0.2, 0.25) is 0 Å². The highest BCUT2D eigenvalue weighted by Gasteiger charge is 2.19. The number of carbonyl (C=O) groups excluding carboxylic acids is 1. The van der Waals surface area contributed by atoms with Gasteiger partial charge in [-0.3, -0.25) is 9.59 Å². The minimum absolute atomic E-state index is 0.0468. The van der Waals surface area contributed by atoms with Crippen molar-refractivity contribution in [3.8, 4) is 28.8 Å². The smallest absolute Gasteiger partial charge is 0.282 e. The molecule has 0 bridgehead atoms. The summed E-state index contributed by atoms with van der Waals surface area (Å²) in [6.45, 7) is 3.43. The van der Waals surface area contributed by atoms with Gasteiger partial charge in [0.25, 0.3) is 11.5 Å². The van der Waals surface area contributed by atoms with Crippen LogP contribution in [0, 0.1) is 5.82 Å². The summed E-state index contributed by atoms with van der Waals surface area (Å²) in [6, 6.07) is 23.5. The molecule has 1 N–H and O–H groups in total. The van der Waals surface area contributed by atoms with E-state index in [0.717, 1.165) is 5.39 Å². The van der Waals surface area contributed by atoms with Gasteiger partial charge in [0.05, 0.1) is 42.4 Å². The Hall–Kier alpha value is -6.23. The van der Waals surface area contributed by atoms with Crippen LogP contribution in [0.15, 0.2) is 112 Å². The van der Waals surface area contributed by atoms with Crippen LogP contribution < -0.4 is 25.1 Å². The van der Waals surface area contributed by atoms with Crippen molar-refractivity contribution in [1.82, 2.24) is 9.66 Å². The highest BCUT2D eigenvalue weighted by molar-refractivity contribution is 5.92. The zero-order chi connectivity index (χ0) is 32.9. The second kappa shape index (κ2) is 13.4. The number of halogens is 1. The van der Waals surface area contributed by atoms with Crippen molar-refractivity contribution in [2.45, 2.75) is 6.42 Å². The van der Waals surface area contributed by atoms with Crippen LogP contribution in [0.4, 0.5) is 10.1 Å². The highest BCUT2D eigenvalue weighted by Crippen LogP contribution is 2.34. The molecule has 1 amide bonds. The summed E-state index contributed by atoms with van der Waals surface area (Å²) < 4.78 is 38.2. The Balaban J connectivity index is 1.37. The van der Waals surface area contributed by atoms with Crippen LogP contribution in [-0.2, 0) is 11.2 Å². The fraction of sp³-hybridized carbons (Fsp3) is 0.111. The van der Waals surface area contributed by atoms with E-state index in [9.17, 15) is 14.0 Å². The van der Waals surface area contributed by atoms with Crippen LogP contribution in [-0.4, -0.2) is 42.6 Å². The number of hydrogen-bond acceptors (Lipinski definition) is 8. The monoisotopic (exact) mass is 632 g/mol. The van der Waals surface area contributed by atoms with E-state index < -0.39 is 23.9 Å². The molecule has 0 saturated carbocycles. The number of allylic oxidation sites excluding steroid dienone is 1. The van der Waals surface area contributed by atoms with Crippen molar-refractivity contribution in [3.63, 3.8) is 0 Å². The van der Waals surface area contributed by atoms with Crippen molar-refractivity contribution >= 4 is 39.7 Å². The van der Waals surface area contributed by atoms with Gasteiger partial charge >= 0.3 is 0 Å². The van der Waals surface area contributed by atoms with Crippen LogP contribution >= 0.6 is 0 Å². The number of aromatic nitrogens is 2. The van der Waals surface area contributed by atoms with Gasteiger partial charge in [0, 0.05) is 5.56 Å². The van der Waals surface area contributed by atoms with E-state index in [1.54, 1.807) is 67.8 Å². The molecule has 6 aromatic rings. The summed E-state index contributed by atoms with van der Waals surface area (Å²) in [6.07, 6.45) is 3.54. The van der Waals surface area contributed by atoms with E-state index in [2.05, 4.69) is 17.0 Å². The lowest BCUT2D eigenvalue weighted by Gasteiger charge is -2.16. The van der Waals surface area contributed by atoms with Crippen LogP contribution in [0.5, 0.6) is 17.2 Å². The first-order valence-corrected chi connectivity index (χ1v) is 14.5. The number of ether oxygens (including phenoxy) is 3. The molecule has 236 valence electrons. The van der Waals surface area contributed by atoms with Crippen molar-refractivity contribution in [2.75, 3.05) is 26.1 Å². The van der Waals surface area contributed by atoms with E-state index in [-0.39, 0.29) is 11.5 Å². The number of anilines is 1. The fourth-order valence-electron chi connectivity index (χ4n) is 5.10. The molecule has 0 saturated heterocycles. The lowest BCUT2D eigenvalue weighted by atomic mass is 10.1. The summed E-state index contributed by atoms with van der Waals surface area (Å²) in [4.78, 5) is 31.1. The van der Waals surface area contributed by atoms with E-state index >= 15 is 0 Å². The largest absolute Gasteiger partial charge is 0.496 e. The van der Waals surface area contributed by atoms with Gasteiger partial charge in [-0.05, 0) is 66.6 Å². The summed E-state index contributed by atoms with van der Waals surface area (Å²) in [5.74, 6) is 0.663. The Morgan fingerprint density at radius 2 is 1.79 bits per heavy atom. The number of furan rings is 1. The molecule has 0 aliphatic heterocycles. The standard InChI is InChI=1S/C36H29FN4O6/c1-4-10-23-17-22(18-31(45-3)34(23)46-21-33(42)39-28-14-8-6-12-26(28)37)20-38-41-35(40-27-13-7-5-11-24(27)36(41)43)32-19-25-29(44-2)15-9-16-30(25)47-32/h4-9,11-20H,1,10,21H2,2-3H3,(H,39,42). The van der Waals surface area contributed by atoms with E-state index in [4.69, 9.17) is 23.6 Å². The third-order valence-corrected chi connectivity index (χ3v) is 7.27. The summed E-state index contributed by atoms with van der Waals surface area (Å²) >= 11 is 0. The molecule has 4 aromatic carbocycles. The van der Waals surface area contributed by atoms with Crippen LogP contribution in [0.1, 0.15) is 11.1 Å². The number of fused-ring (bicyclic) bond motifs is 2. The second-order valence-electron chi connectivity index (χ2n) is 10.3. The Morgan fingerprint density at radius 3 is 2.57 bits per heavy atom. The third kappa shape index (κ3) is 6.32. The van der Waals surface area contributed by atoms with Crippen LogP contribution in [0.25, 0.3) is 33.5 Å². The molecule has 0 aliphatic rings. The maximum Gasteiger partial charge on any atom is 0.282 e. The first-order chi connectivity index (χ1) is 22.9. The number of benzene rings is 4. The molecule has 11 heteroatoms. The Labute approximate surface area is 268 Å². The number of amides is 1. The average molecular weight is 633 g/mol. The Kier molecular flexibility index (Phi) is 8.78. The summed E-state index contributed by atoms with van der Waals surface area (Å²) in [7, 11) is 3.04. The molecule has 0 aliphatic carbocycles. The van der Waals surface area contributed by atoms with Crippen molar-refractivity contribution in [1.29, 1.82) is 0 Å². The molecule has 0 spiro atoms. The first-order valence-electron chi connectivity index (χ1n) is 14.5. The van der Waals surface area contributed by atoms with E-state index in [1.807, 2.05) is 12.1 Å². The van der Waals surface area contributed by atoms with Gasteiger partial charge in [-0.1, -0.05) is 36.4 Å². The predicted molar refractivity (Wildman–Crippen MR) is 178 cm³/mol. The molecule has 0 fully saturated rings. The molecule has 0 atom stereocenters. The predicted octanol–water partition coefficient (Wildman–Crippen LogP) is 6.59. The molecule has 2 heterocycles. The molecule has 0 unspecified atom stereocenters. The van der Waals surface area contributed by atoms with Gasteiger partial charge in [0.2, 0.25) is 5.82 Å². The number of nitrogens with zero attached hydrogens (tertiary/aromatic N) is 3. The molecule has 0 radical (unpaired) electrons. The number of carbonyl (C=O) groups is 1. The van der Waals surface area contributed by atoms with Gasteiger partial charge in [-0.25, -0.2) is 9.37 Å². The maximum atomic E-state index is 14.0. The van der Waals surface area contributed by atoms with Gasteiger partial charge < -0.3 is 23.9 Å². The van der Waals surface area contributed by atoms with Crippen molar-refractivity contribution in [2.24, 2.45) is 5.10 Å². The average Bonchev–Trinajstić information content (AvgIpc) is 3.53. The molecule has 6 rings (SSSR count). The molecular formula is C36H29FN4O6. The van der Waals surface area contributed by atoms with Crippen molar-refractivity contribution < 1.29 is 27.8 Å². The molecule has 2 aromatic heterocycles. The van der Waals surface area contributed by atoms with Crippen LogP contribution in [0.3, 0.4) is 0 Å². The third-order valence-electron chi connectivity index (χ3n) is 7.27. The summed E-state index contributed by atoms with van der Waals surface area (Å²) in [5, 5.41) is 8.15. The minimum Gasteiger partial charge on any atom is -0.496 e. The lowest BCUT2D eigenvalue weighted by Crippen LogP contribution is -2.21. The molecule has 10 nitrogen and oxygen atoms in total. The fourth-order valence-corrected chi connectivity index (χ4v) is 5.10. The first kappa shape index (κ1) is 30.8. The zero-order valence-electron chi connectivity index (χ0n) is 25.5. The highest BCUT2D eigenvalue weighted by atomic mass is 19.1. The van der Waals surface area contributed by atoms with Gasteiger partial charge in [-0.15, -0.1) is 6.58 Å². The lowest BCUT2D eigenvalue weighted by molar-refractivity contribution is -0.118. The quantitative estimate of drug-likeness (QED) is 0.126. The SMILES string of the molecule is C=CCc1cc(C=Nn2c(-c3cc4c(OC)cccc4o3)nc3ccccc3c2=O)cc(OC)c1OCC(=O)Nc1ccccc1F. The molecule has 47 heavy (non-hydrogen) atoms. The number of para-hydroxylation sites is 2. The number of nitrogens with one attached hydrogen (secondary N) is 1. The Bertz CT molecular complexity index is 2220. The second-order valence-corrected chi connectivity index (χ2v) is 10.3. The normalized spacial score (nSPS) is 11.2. The van der Waals surface area contributed by atoms with E-state index in [1.165, 1.54) is 36.2 Å². The zero-order valence-corrected chi connectivity index (χ0v) is 25.5. The van der Waals surface area contributed by atoms with E-state index in [0.29, 0.717) is 57.0 Å². The topological polar surface area (TPSA) is 117 Å². The maximum absolute atomic E-state index is 14.0. The van der Waals surface area contributed by atoms with Gasteiger partial charge in [0.1, 0.15) is 17.1 Å². The number of hydrogen-bond donors (Lipinski definition) is 1. The summed E-state index contributed by atoms with van der Waals surface area (Å²) in [5.41, 5.74) is 1.92. The number of methoxy groups -OCH3 is 2. The number of rotatable bonds is 11. The van der Waals surface area contributed by atoms with Gasteiger partial charge in [-0.2, -0.15) is 9.78 Å².